The van der Waals surface area contributed by atoms with E-state index in [1.54, 1.807) is 43.4 Å². The molecule has 10 heteroatoms. The molecule has 1 aliphatic rings. The summed E-state index contributed by atoms with van der Waals surface area (Å²) in [5, 5.41) is 12.0. The number of hydrogen-bond donors (Lipinski definition) is 0. The van der Waals surface area contributed by atoms with Crippen LogP contribution in [0.5, 0.6) is 5.75 Å². The maximum atomic E-state index is 12.5. The van der Waals surface area contributed by atoms with Crippen LogP contribution in [0.4, 0.5) is 11.5 Å². The van der Waals surface area contributed by atoms with E-state index >= 15 is 0 Å². The highest BCUT2D eigenvalue weighted by Crippen LogP contribution is 2.34. The minimum absolute atomic E-state index is 0.0534. The van der Waals surface area contributed by atoms with Crippen molar-refractivity contribution in [2.24, 2.45) is 0 Å². The average molecular weight is 476 g/mol. The van der Waals surface area contributed by atoms with Crippen molar-refractivity contribution in [3.05, 3.63) is 82.2 Å². The van der Waals surface area contributed by atoms with Gasteiger partial charge in [0.05, 0.1) is 18.1 Å². The number of benzene rings is 2. The van der Waals surface area contributed by atoms with Crippen LogP contribution in [0.3, 0.4) is 0 Å². The highest BCUT2D eigenvalue weighted by atomic mass is 16.6. The van der Waals surface area contributed by atoms with Crippen LogP contribution < -0.4 is 9.64 Å². The number of carbonyl (C=O) groups excluding carboxylic acids is 1. The van der Waals surface area contributed by atoms with Gasteiger partial charge in [-0.05, 0) is 23.8 Å². The first-order chi connectivity index (χ1) is 16.9. The molecular weight excluding hydrogens is 450 g/mol. The largest absolute Gasteiger partial charge is 0.489 e. The van der Waals surface area contributed by atoms with E-state index in [1.165, 1.54) is 11.0 Å². The first kappa shape index (κ1) is 23.8. The lowest BCUT2D eigenvalue weighted by molar-refractivity contribution is -0.384. The molecule has 0 unspecified atom stereocenters. The second-order valence-electron chi connectivity index (χ2n) is 8.04. The van der Waals surface area contributed by atoms with Crippen molar-refractivity contribution in [2.45, 2.75) is 6.61 Å². The molecule has 3 aromatic rings. The molecule has 2 heterocycles. The van der Waals surface area contributed by atoms with Gasteiger partial charge in [-0.15, -0.1) is 0 Å². The van der Waals surface area contributed by atoms with E-state index in [4.69, 9.17) is 9.47 Å². The summed E-state index contributed by atoms with van der Waals surface area (Å²) in [5.41, 5.74) is 1.39. The topological polar surface area (TPSA) is 111 Å². The molecule has 35 heavy (non-hydrogen) atoms. The SMILES string of the molecule is CN(C)/C=C/c1nc(-c2cccc(OCc3ccccc3)c2)nc(N2CCOCC2=O)c1[N+](=O)[O-]. The van der Waals surface area contributed by atoms with Crippen LogP contribution in [0.25, 0.3) is 17.5 Å². The fourth-order valence-electron chi connectivity index (χ4n) is 3.50. The lowest BCUT2D eigenvalue weighted by Crippen LogP contribution is -2.42. The van der Waals surface area contributed by atoms with Gasteiger partial charge in [0.15, 0.2) is 5.82 Å². The summed E-state index contributed by atoms with van der Waals surface area (Å²) < 4.78 is 11.1. The maximum absolute atomic E-state index is 12.5. The van der Waals surface area contributed by atoms with E-state index < -0.39 is 10.8 Å². The molecule has 180 valence electrons. The number of hydrogen-bond acceptors (Lipinski definition) is 8. The molecule has 1 saturated heterocycles. The van der Waals surface area contributed by atoms with Gasteiger partial charge in [-0.1, -0.05) is 42.5 Å². The molecule has 4 rings (SSSR count). The van der Waals surface area contributed by atoms with Gasteiger partial charge in [0, 0.05) is 25.9 Å². The lowest BCUT2D eigenvalue weighted by atomic mass is 10.1. The van der Waals surface area contributed by atoms with Crippen LogP contribution in [0, 0.1) is 10.1 Å². The minimum Gasteiger partial charge on any atom is -0.489 e. The van der Waals surface area contributed by atoms with Crippen LogP contribution >= 0.6 is 0 Å². The molecule has 0 atom stereocenters. The summed E-state index contributed by atoms with van der Waals surface area (Å²) >= 11 is 0. The molecule has 1 amide bonds. The fraction of sp³-hybridized carbons (Fsp3) is 0.240. The molecule has 2 aromatic carbocycles. The van der Waals surface area contributed by atoms with Crippen LogP contribution in [-0.2, 0) is 16.1 Å². The number of anilines is 1. The molecule has 0 N–H and O–H groups in total. The number of ether oxygens (including phenoxy) is 2. The molecular formula is C25H25N5O5. The molecule has 0 bridgehead atoms. The van der Waals surface area contributed by atoms with Crippen LogP contribution in [0.2, 0.25) is 0 Å². The Morgan fingerprint density at radius 1 is 1.17 bits per heavy atom. The predicted octanol–water partition coefficient (Wildman–Crippen LogP) is 3.53. The van der Waals surface area contributed by atoms with Crippen molar-refractivity contribution in [2.75, 3.05) is 38.8 Å². The average Bonchev–Trinajstić information content (AvgIpc) is 2.86. The van der Waals surface area contributed by atoms with E-state index in [9.17, 15) is 14.9 Å². The molecule has 1 aliphatic heterocycles. The smallest absolute Gasteiger partial charge is 0.337 e. The zero-order valence-corrected chi connectivity index (χ0v) is 19.5. The maximum Gasteiger partial charge on any atom is 0.337 e. The Hall–Kier alpha value is -4.31. The van der Waals surface area contributed by atoms with Gasteiger partial charge in [0.2, 0.25) is 5.82 Å². The van der Waals surface area contributed by atoms with Gasteiger partial charge in [0.25, 0.3) is 5.91 Å². The molecule has 0 saturated carbocycles. The number of amides is 1. The number of rotatable bonds is 8. The van der Waals surface area contributed by atoms with Crippen LogP contribution in [0.1, 0.15) is 11.3 Å². The zero-order valence-electron chi connectivity index (χ0n) is 19.5. The van der Waals surface area contributed by atoms with Gasteiger partial charge in [0.1, 0.15) is 24.7 Å². The van der Waals surface area contributed by atoms with Crippen molar-refractivity contribution in [3.8, 4) is 17.1 Å². The fourth-order valence-corrected chi connectivity index (χ4v) is 3.50. The summed E-state index contributed by atoms with van der Waals surface area (Å²) in [7, 11) is 3.59. The predicted molar refractivity (Wildman–Crippen MR) is 131 cm³/mol. The lowest BCUT2D eigenvalue weighted by Gasteiger charge is -2.26. The molecule has 1 aromatic heterocycles. The summed E-state index contributed by atoms with van der Waals surface area (Å²) in [5.74, 6) is 0.393. The van der Waals surface area contributed by atoms with Crippen molar-refractivity contribution in [1.82, 2.24) is 14.9 Å². The van der Waals surface area contributed by atoms with E-state index in [0.29, 0.717) is 17.9 Å². The van der Waals surface area contributed by atoms with Crippen molar-refractivity contribution < 1.29 is 19.2 Å². The summed E-state index contributed by atoms with van der Waals surface area (Å²) in [6.07, 6.45) is 3.19. The van der Waals surface area contributed by atoms with E-state index in [0.717, 1.165) is 5.56 Å². The summed E-state index contributed by atoms with van der Waals surface area (Å²) in [4.78, 5) is 36.0. The standard InChI is InChI=1S/C25H25N5O5/c1-28(2)12-11-21-23(30(32)33)25(29-13-14-34-17-22(29)31)27-24(26-21)19-9-6-10-20(15-19)35-16-18-7-4-3-5-8-18/h3-12,15H,13-14,16-17H2,1-2H3/b12-11+. The molecule has 0 aliphatic carbocycles. The van der Waals surface area contributed by atoms with E-state index in [-0.39, 0.29) is 42.8 Å². The first-order valence-electron chi connectivity index (χ1n) is 11.0. The van der Waals surface area contributed by atoms with Gasteiger partial charge in [-0.3, -0.25) is 19.8 Å². The highest BCUT2D eigenvalue weighted by Gasteiger charge is 2.32. The number of nitrogens with zero attached hydrogens (tertiary/aromatic N) is 5. The number of morpholine rings is 1. The Kier molecular flexibility index (Phi) is 7.32. The highest BCUT2D eigenvalue weighted by molar-refractivity contribution is 5.96. The molecule has 0 spiro atoms. The normalized spacial score (nSPS) is 13.8. The summed E-state index contributed by atoms with van der Waals surface area (Å²) in [6.45, 7) is 0.638. The minimum atomic E-state index is -0.559. The van der Waals surface area contributed by atoms with Gasteiger partial charge >= 0.3 is 5.69 Å². The van der Waals surface area contributed by atoms with Crippen LogP contribution in [-0.4, -0.2) is 59.6 Å². The molecule has 0 radical (unpaired) electrons. The molecule has 10 nitrogen and oxygen atoms in total. The number of aromatic nitrogens is 2. The Morgan fingerprint density at radius 2 is 1.97 bits per heavy atom. The third-order valence-corrected chi connectivity index (χ3v) is 5.19. The van der Waals surface area contributed by atoms with Crippen molar-refractivity contribution in [3.63, 3.8) is 0 Å². The van der Waals surface area contributed by atoms with Crippen molar-refractivity contribution in [1.29, 1.82) is 0 Å². The number of carbonyl (C=O) groups is 1. The van der Waals surface area contributed by atoms with Crippen molar-refractivity contribution >= 4 is 23.5 Å². The van der Waals surface area contributed by atoms with Gasteiger partial charge in [-0.2, -0.15) is 0 Å². The third-order valence-electron chi connectivity index (χ3n) is 5.19. The van der Waals surface area contributed by atoms with E-state index in [1.807, 2.05) is 36.4 Å². The monoisotopic (exact) mass is 475 g/mol. The quantitative estimate of drug-likeness (QED) is 0.359. The Balaban J connectivity index is 1.76. The van der Waals surface area contributed by atoms with Gasteiger partial charge < -0.3 is 14.4 Å². The third kappa shape index (κ3) is 5.79. The first-order valence-corrected chi connectivity index (χ1v) is 11.0. The van der Waals surface area contributed by atoms with Crippen LogP contribution in [0.15, 0.2) is 60.8 Å². The second kappa shape index (κ2) is 10.7. The number of nitro groups is 1. The second-order valence-corrected chi connectivity index (χ2v) is 8.04. The van der Waals surface area contributed by atoms with E-state index in [2.05, 4.69) is 9.97 Å². The Labute approximate surface area is 202 Å². The Morgan fingerprint density at radius 3 is 2.69 bits per heavy atom. The summed E-state index contributed by atoms with van der Waals surface area (Å²) in [6, 6.07) is 16.9. The molecule has 1 fully saturated rings. The zero-order chi connectivity index (χ0) is 24.8. The Bertz CT molecular complexity index is 1250. The van der Waals surface area contributed by atoms with Gasteiger partial charge in [-0.25, -0.2) is 9.97 Å².